The van der Waals surface area contributed by atoms with Crippen molar-refractivity contribution in [2.75, 3.05) is 26.2 Å². The molecule has 0 heterocycles. The number of carboxylic acid groups (broad SMARTS) is 1. The van der Waals surface area contributed by atoms with Crippen LogP contribution in [-0.4, -0.2) is 42.2 Å². The standard InChI is InChI=1S/C14H21IN2O2/c1-3-17(4-2)9-8-16-13(14(18)19)11-6-5-7-12(15)10-11/h5-7,10,13,16H,3-4,8-9H2,1-2H3,(H,18,19). The fourth-order valence-corrected chi connectivity index (χ4v) is 2.51. The maximum atomic E-state index is 11.3. The molecule has 0 saturated heterocycles. The molecule has 1 aromatic rings. The van der Waals surface area contributed by atoms with Crippen molar-refractivity contribution in [2.24, 2.45) is 0 Å². The smallest absolute Gasteiger partial charge is 0.325 e. The van der Waals surface area contributed by atoms with Crippen molar-refractivity contribution in [3.63, 3.8) is 0 Å². The first-order valence-corrected chi connectivity index (χ1v) is 7.60. The van der Waals surface area contributed by atoms with Crippen molar-refractivity contribution in [3.8, 4) is 0 Å². The number of carboxylic acids is 1. The molecule has 0 aromatic heterocycles. The van der Waals surface area contributed by atoms with Crippen molar-refractivity contribution >= 4 is 28.6 Å². The van der Waals surface area contributed by atoms with E-state index < -0.39 is 12.0 Å². The van der Waals surface area contributed by atoms with E-state index in [0.717, 1.165) is 28.8 Å². The van der Waals surface area contributed by atoms with E-state index in [4.69, 9.17) is 0 Å². The highest BCUT2D eigenvalue weighted by Crippen LogP contribution is 2.16. The molecule has 1 unspecified atom stereocenters. The summed E-state index contributed by atoms with van der Waals surface area (Å²) >= 11 is 2.19. The number of likely N-dealkylation sites (N-methyl/N-ethyl adjacent to an activating group) is 1. The van der Waals surface area contributed by atoms with Gasteiger partial charge in [0.1, 0.15) is 6.04 Å². The van der Waals surface area contributed by atoms with Crippen LogP contribution in [0.4, 0.5) is 0 Å². The van der Waals surface area contributed by atoms with E-state index in [1.807, 2.05) is 24.3 Å². The van der Waals surface area contributed by atoms with Crippen LogP contribution in [0.2, 0.25) is 0 Å². The van der Waals surface area contributed by atoms with Crippen molar-refractivity contribution in [1.82, 2.24) is 10.2 Å². The first kappa shape index (κ1) is 16.4. The Morgan fingerprint density at radius 2 is 2.11 bits per heavy atom. The van der Waals surface area contributed by atoms with E-state index in [0.29, 0.717) is 6.54 Å². The van der Waals surface area contributed by atoms with Gasteiger partial charge in [0.25, 0.3) is 0 Å². The second kappa shape index (κ2) is 8.50. The molecule has 2 N–H and O–H groups in total. The van der Waals surface area contributed by atoms with Gasteiger partial charge in [0, 0.05) is 16.7 Å². The number of carbonyl (C=O) groups is 1. The van der Waals surface area contributed by atoms with Crippen LogP contribution in [0.15, 0.2) is 24.3 Å². The summed E-state index contributed by atoms with van der Waals surface area (Å²) in [4.78, 5) is 13.6. The van der Waals surface area contributed by atoms with Gasteiger partial charge >= 0.3 is 5.97 Å². The lowest BCUT2D eigenvalue weighted by atomic mass is 10.1. The molecule has 0 aliphatic heterocycles. The van der Waals surface area contributed by atoms with Crippen LogP contribution in [0.1, 0.15) is 25.5 Å². The van der Waals surface area contributed by atoms with Gasteiger partial charge in [0.2, 0.25) is 0 Å². The maximum Gasteiger partial charge on any atom is 0.325 e. The average Bonchev–Trinajstić information content (AvgIpc) is 2.38. The molecule has 0 aliphatic carbocycles. The molecule has 5 heteroatoms. The molecular formula is C14H21IN2O2. The SMILES string of the molecule is CCN(CC)CCNC(C(=O)O)c1cccc(I)c1. The molecule has 1 rings (SSSR count). The third kappa shape index (κ3) is 5.46. The van der Waals surface area contributed by atoms with Crippen molar-refractivity contribution in [2.45, 2.75) is 19.9 Å². The average molecular weight is 376 g/mol. The second-order valence-electron chi connectivity index (χ2n) is 4.31. The summed E-state index contributed by atoms with van der Waals surface area (Å²) in [6, 6.07) is 6.97. The van der Waals surface area contributed by atoms with E-state index in [9.17, 15) is 9.90 Å². The highest BCUT2D eigenvalue weighted by atomic mass is 127. The lowest BCUT2D eigenvalue weighted by molar-refractivity contribution is -0.139. The molecule has 0 bridgehead atoms. The summed E-state index contributed by atoms with van der Waals surface area (Å²) < 4.78 is 1.05. The minimum atomic E-state index is -0.832. The number of rotatable bonds is 8. The van der Waals surface area contributed by atoms with Crippen LogP contribution in [0.25, 0.3) is 0 Å². The zero-order valence-corrected chi connectivity index (χ0v) is 13.6. The Hall–Kier alpha value is -0.660. The van der Waals surface area contributed by atoms with Crippen molar-refractivity contribution < 1.29 is 9.90 Å². The molecule has 0 saturated carbocycles. The number of nitrogens with one attached hydrogen (secondary N) is 1. The maximum absolute atomic E-state index is 11.3. The van der Waals surface area contributed by atoms with Crippen LogP contribution >= 0.6 is 22.6 Å². The Bertz CT molecular complexity index is 408. The van der Waals surface area contributed by atoms with E-state index in [1.165, 1.54) is 0 Å². The van der Waals surface area contributed by atoms with E-state index >= 15 is 0 Å². The third-order valence-corrected chi connectivity index (χ3v) is 3.77. The lowest BCUT2D eigenvalue weighted by Gasteiger charge is -2.20. The summed E-state index contributed by atoms with van der Waals surface area (Å²) in [5, 5.41) is 12.4. The highest BCUT2D eigenvalue weighted by molar-refractivity contribution is 14.1. The fraction of sp³-hybridized carbons (Fsp3) is 0.500. The van der Waals surface area contributed by atoms with Gasteiger partial charge in [-0.05, 0) is 53.4 Å². The van der Waals surface area contributed by atoms with Gasteiger partial charge in [0.05, 0.1) is 0 Å². The number of hydrogen-bond donors (Lipinski definition) is 2. The Morgan fingerprint density at radius 3 is 2.63 bits per heavy atom. The van der Waals surface area contributed by atoms with Gasteiger partial charge in [-0.15, -0.1) is 0 Å². The molecule has 0 fully saturated rings. The van der Waals surface area contributed by atoms with Crippen LogP contribution in [0.3, 0.4) is 0 Å². The molecule has 106 valence electrons. The van der Waals surface area contributed by atoms with Gasteiger partial charge in [0.15, 0.2) is 0 Å². The summed E-state index contributed by atoms with van der Waals surface area (Å²) in [5.74, 6) is -0.832. The summed E-state index contributed by atoms with van der Waals surface area (Å²) in [6.45, 7) is 7.72. The first-order valence-electron chi connectivity index (χ1n) is 6.52. The second-order valence-corrected chi connectivity index (χ2v) is 5.55. The van der Waals surface area contributed by atoms with Crippen LogP contribution in [-0.2, 0) is 4.79 Å². The number of nitrogens with zero attached hydrogens (tertiary/aromatic N) is 1. The van der Waals surface area contributed by atoms with Gasteiger partial charge in [-0.1, -0.05) is 26.0 Å². The predicted molar refractivity (Wildman–Crippen MR) is 85.3 cm³/mol. The van der Waals surface area contributed by atoms with Crippen molar-refractivity contribution in [3.05, 3.63) is 33.4 Å². The van der Waals surface area contributed by atoms with Crippen molar-refractivity contribution in [1.29, 1.82) is 0 Å². The summed E-state index contributed by atoms with van der Waals surface area (Å²) in [6.07, 6.45) is 0. The zero-order chi connectivity index (χ0) is 14.3. The largest absolute Gasteiger partial charge is 0.480 e. The molecule has 0 aliphatic rings. The van der Waals surface area contributed by atoms with E-state index in [2.05, 4.69) is 46.7 Å². The molecule has 0 spiro atoms. The quantitative estimate of drug-likeness (QED) is 0.684. The normalized spacial score (nSPS) is 12.6. The molecule has 1 aromatic carbocycles. The molecule has 1 atom stereocenters. The summed E-state index contributed by atoms with van der Waals surface area (Å²) in [5.41, 5.74) is 0.805. The molecule has 0 amide bonds. The Morgan fingerprint density at radius 1 is 1.42 bits per heavy atom. The molecular weight excluding hydrogens is 355 g/mol. The zero-order valence-electron chi connectivity index (χ0n) is 11.4. The van der Waals surface area contributed by atoms with Crippen LogP contribution < -0.4 is 5.32 Å². The number of halogens is 1. The fourth-order valence-electron chi connectivity index (χ4n) is 1.94. The van der Waals surface area contributed by atoms with Crippen LogP contribution in [0.5, 0.6) is 0 Å². The number of benzene rings is 1. The molecule has 0 radical (unpaired) electrons. The predicted octanol–water partition coefficient (Wildman–Crippen LogP) is 2.35. The van der Waals surface area contributed by atoms with Gasteiger partial charge < -0.3 is 10.0 Å². The minimum Gasteiger partial charge on any atom is -0.480 e. The topological polar surface area (TPSA) is 52.6 Å². The molecule has 19 heavy (non-hydrogen) atoms. The Labute approximate surface area is 128 Å². The van der Waals surface area contributed by atoms with E-state index in [1.54, 1.807) is 0 Å². The first-order chi connectivity index (χ1) is 9.08. The van der Waals surface area contributed by atoms with Gasteiger partial charge in [-0.25, -0.2) is 0 Å². The third-order valence-electron chi connectivity index (χ3n) is 3.10. The minimum absolute atomic E-state index is 0.634. The Kier molecular flexibility index (Phi) is 7.33. The lowest BCUT2D eigenvalue weighted by Crippen LogP contribution is -2.36. The monoisotopic (exact) mass is 376 g/mol. The van der Waals surface area contributed by atoms with Gasteiger partial charge in [-0.3, -0.25) is 10.1 Å². The number of hydrogen-bond acceptors (Lipinski definition) is 3. The van der Waals surface area contributed by atoms with Crippen LogP contribution in [0, 0.1) is 3.57 Å². The number of aliphatic carboxylic acids is 1. The summed E-state index contributed by atoms with van der Waals surface area (Å²) in [7, 11) is 0. The van der Waals surface area contributed by atoms with E-state index in [-0.39, 0.29) is 0 Å². The molecule has 4 nitrogen and oxygen atoms in total. The Balaban J connectivity index is 2.62. The van der Waals surface area contributed by atoms with Gasteiger partial charge in [-0.2, -0.15) is 0 Å². The highest BCUT2D eigenvalue weighted by Gasteiger charge is 2.19.